The second kappa shape index (κ2) is 4.77. The second-order valence-corrected chi connectivity index (χ2v) is 6.09. The minimum Gasteiger partial charge on any atom is -0.341 e. The average Bonchev–Trinajstić information content (AvgIpc) is 2.54. The molecular formula is C13H23ClN2O. The molecule has 2 aliphatic heterocycles. The summed E-state index contributed by atoms with van der Waals surface area (Å²) in [6.07, 6.45) is 7.15. The monoisotopic (exact) mass is 258 g/mol. The molecule has 0 aromatic heterocycles. The molecule has 3 rings (SSSR count). The van der Waals surface area contributed by atoms with Crippen molar-refractivity contribution >= 4 is 18.3 Å². The van der Waals surface area contributed by atoms with Crippen LogP contribution in [-0.2, 0) is 4.79 Å². The van der Waals surface area contributed by atoms with E-state index in [-0.39, 0.29) is 17.8 Å². The Morgan fingerprint density at radius 3 is 2.59 bits per heavy atom. The molecule has 0 aromatic rings. The van der Waals surface area contributed by atoms with Gasteiger partial charge in [-0.05, 0) is 32.1 Å². The van der Waals surface area contributed by atoms with Gasteiger partial charge in [-0.2, -0.15) is 0 Å². The summed E-state index contributed by atoms with van der Waals surface area (Å²) in [6.45, 7) is 4.07. The van der Waals surface area contributed by atoms with Crippen LogP contribution in [0.4, 0.5) is 0 Å². The Morgan fingerprint density at radius 1 is 1.24 bits per heavy atom. The van der Waals surface area contributed by atoms with Gasteiger partial charge in [-0.3, -0.25) is 4.79 Å². The first kappa shape index (κ1) is 13.2. The lowest BCUT2D eigenvalue weighted by atomic mass is 9.69. The van der Waals surface area contributed by atoms with Gasteiger partial charge in [0.15, 0.2) is 0 Å². The molecule has 2 unspecified atom stereocenters. The summed E-state index contributed by atoms with van der Waals surface area (Å²) < 4.78 is 0. The molecule has 1 N–H and O–H groups in total. The molecule has 3 nitrogen and oxygen atoms in total. The van der Waals surface area contributed by atoms with Crippen LogP contribution in [0.3, 0.4) is 0 Å². The summed E-state index contributed by atoms with van der Waals surface area (Å²) in [5, 5.41) is 3.63. The molecule has 3 fully saturated rings. The van der Waals surface area contributed by atoms with Gasteiger partial charge >= 0.3 is 0 Å². The highest BCUT2D eigenvalue weighted by Gasteiger charge is 2.43. The Hall–Kier alpha value is -0.280. The molecule has 2 saturated heterocycles. The largest absolute Gasteiger partial charge is 0.341 e. The first-order valence-electron chi connectivity index (χ1n) is 6.73. The standard InChI is InChI=1S/C13H22N2O.ClH/c1-13(6-2-7-13)12(16)15-8-5-10-3-4-11(9-15)14-10;/h10-11,14H,2-9H2,1H3;1H. The lowest BCUT2D eigenvalue weighted by Crippen LogP contribution is -2.48. The van der Waals surface area contributed by atoms with Crippen molar-refractivity contribution in [1.29, 1.82) is 0 Å². The van der Waals surface area contributed by atoms with Crippen LogP contribution in [-0.4, -0.2) is 36.0 Å². The van der Waals surface area contributed by atoms with Gasteiger partial charge in [-0.1, -0.05) is 13.3 Å². The Balaban J connectivity index is 0.00000108. The van der Waals surface area contributed by atoms with Crippen molar-refractivity contribution in [3.05, 3.63) is 0 Å². The van der Waals surface area contributed by atoms with Crippen LogP contribution in [0.25, 0.3) is 0 Å². The fourth-order valence-electron chi connectivity index (χ4n) is 3.43. The Kier molecular flexibility index (Phi) is 3.69. The number of rotatable bonds is 1. The van der Waals surface area contributed by atoms with Gasteiger partial charge in [0.25, 0.3) is 0 Å². The Bertz CT molecular complexity index is 304. The van der Waals surface area contributed by atoms with Gasteiger partial charge in [0, 0.05) is 30.6 Å². The summed E-state index contributed by atoms with van der Waals surface area (Å²) in [7, 11) is 0. The maximum Gasteiger partial charge on any atom is 0.228 e. The first-order chi connectivity index (χ1) is 7.67. The van der Waals surface area contributed by atoms with Gasteiger partial charge in [-0.25, -0.2) is 0 Å². The van der Waals surface area contributed by atoms with E-state index in [1.165, 1.54) is 19.3 Å². The number of carbonyl (C=O) groups excluding carboxylic acids is 1. The maximum atomic E-state index is 12.4. The Labute approximate surface area is 110 Å². The van der Waals surface area contributed by atoms with Gasteiger partial charge in [-0.15, -0.1) is 12.4 Å². The predicted octanol–water partition coefficient (Wildman–Crippen LogP) is 1.95. The molecule has 2 heterocycles. The second-order valence-electron chi connectivity index (χ2n) is 6.09. The zero-order valence-corrected chi connectivity index (χ0v) is 11.4. The normalized spacial score (nSPS) is 34.5. The molecule has 17 heavy (non-hydrogen) atoms. The number of likely N-dealkylation sites (tertiary alicyclic amines) is 1. The number of halogens is 1. The maximum absolute atomic E-state index is 12.4. The summed E-state index contributed by atoms with van der Waals surface area (Å²) in [6, 6.07) is 1.25. The molecule has 2 atom stereocenters. The third kappa shape index (κ3) is 2.32. The van der Waals surface area contributed by atoms with Crippen molar-refractivity contribution in [1.82, 2.24) is 10.2 Å². The van der Waals surface area contributed by atoms with Crippen LogP contribution in [0.5, 0.6) is 0 Å². The third-order valence-electron chi connectivity index (χ3n) is 4.78. The molecule has 0 spiro atoms. The van der Waals surface area contributed by atoms with E-state index in [1.54, 1.807) is 0 Å². The van der Waals surface area contributed by atoms with E-state index in [1.807, 2.05) is 0 Å². The number of hydrogen-bond acceptors (Lipinski definition) is 2. The molecule has 1 aliphatic carbocycles. The van der Waals surface area contributed by atoms with E-state index < -0.39 is 0 Å². The highest BCUT2D eigenvalue weighted by Crippen LogP contribution is 2.42. The van der Waals surface area contributed by atoms with Crippen molar-refractivity contribution in [3.8, 4) is 0 Å². The van der Waals surface area contributed by atoms with E-state index >= 15 is 0 Å². The number of amides is 1. The highest BCUT2D eigenvalue weighted by atomic mass is 35.5. The van der Waals surface area contributed by atoms with E-state index in [2.05, 4.69) is 17.1 Å². The van der Waals surface area contributed by atoms with Crippen molar-refractivity contribution in [3.63, 3.8) is 0 Å². The number of nitrogens with zero attached hydrogens (tertiary/aromatic N) is 1. The molecule has 0 radical (unpaired) electrons. The van der Waals surface area contributed by atoms with Crippen LogP contribution in [0.2, 0.25) is 0 Å². The van der Waals surface area contributed by atoms with E-state index in [0.717, 1.165) is 32.4 Å². The number of carbonyl (C=O) groups is 1. The number of hydrogen-bond donors (Lipinski definition) is 1. The van der Waals surface area contributed by atoms with Crippen molar-refractivity contribution < 1.29 is 4.79 Å². The van der Waals surface area contributed by atoms with Crippen LogP contribution in [0.15, 0.2) is 0 Å². The van der Waals surface area contributed by atoms with Crippen LogP contribution >= 0.6 is 12.4 Å². The summed E-state index contributed by atoms with van der Waals surface area (Å²) >= 11 is 0. The molecule has 1 saturated carbocycles. The molecule has 4 heteroatoms. The molecule has 0 aromatic carbocycles. The zero-order chi connectivity index (χ0) is 11.2. The highest BCUT2D eigenvalue weighted by molar-refractivity contribution is 5.85. The number of nitrogens with one attached hydrogen (secondary N) is 1. The Morgan fingerprint density at radius 2 is 1.94 bits per heavy atom. The summed E-state index contributed by atoms with van der Waals surface area (Å²) in [5.41, 5.74) is -0.0103. The fraction of sp³-hybridized carbons (Fsp3) is 0.923. The van der Waals surface area contributed by atoms with E-state index in [0.29, 0.717) is 18.0 Å². The number of fused-ring (bicyclic) bond motifs is 2. The van der Waals surface area contributed by atoms with Crippen molar-refractivity contribution in [2.45, 2.75) is 57.5 Å². The van der Waals surface area contributed by atoms with E-state index in [9.17, 15) is 4.79 Å². The SMILES string of the molecule is CC1(C(=O)N2CCC3CCC(C2)N3)CCC1.Cl. The zero-order valence-electron chi connectivity index (χ0n) is 10.6. The third-order valence-corrected chi connectivity index (χ3v) is 4.78. The lowest BCUT2D eigenvalue weighted by molar-refractivity contribution is -0.146. The van der Waals surface area contributed by atoms with Crippen molar-refractivity contribution in [2.24, 2.45) is 5.41 Å². The molecule has 3 aliphatic rings. The summed E-state index contributed by atoms with van der Waals surface area (Å²) in [5.74, 6) is 0.424. The topological polar surface area (TPSA) is 32.3 Å². The van der Waals surface area contributed by atoms with Gasteiger partial charge in [0.05, 0.1) is 0 Å². The van der Waals surface area contributed by atoms with Gasteiger partial charge < -0.3 is 10.2 Å². The molecule has 1 amide bonds. The minimum absolute atomic E-state index is 0. The smallest absolute Gasteiger partial charge is 0.228 e. The van der Waals surface area contributed by atoms with Crippen LogP contribution < -0.4 is 5.32 Å². The quantitative estimate of drug-likeness (QED) is 0.780. The molecule has 98 valence electrons. The lowest BCUT2D eigenvalue weighted by Gasteiger charge is -2.41. The van der Waals surface area contributed by atoms with Gasteiger partial charge in [0.1, 0.15) is 0 Å². The molecular weight excluding hydrogens is 236 g/mol. The molecule has 2 bridgehead atoms. The first-order valence-corrected chi connectivity index (χ1v) is 6.73. The minimum atomic E-state index is -0.0103. The predicted molar refractivity (Wildman–Crippen MR) is 70.3 cm³/mol. The van der Waals surface area contributed by atoms with Crippen molar-refractivity contribution in [2.75, 3.05) is 13.1 Å². The van der Waals surface area contributed by atoms with Crippen LogP contribution in [0, 0.1) is 5.41 Å². The fourth-order valence-corrected chi connectivity index (χ4v) is 3.43. The van der Waals surface area contributed by atoms with Gasteiger partial charge in [0.2, 0.25) is 5.91 Å². The summed E-state index contributed by atoms with van der Waals surface area (Å²) in [4.78, 5) is 14.6. The van der Waals surface area contributed by atoms with Crippen LogP contribution in [0.1, 0.15) is 45.4 Å². The average molecular weight is 259 g/mol. The van der Waals surface area contributed by atoms with E-state index in [4.69, 9.17) is 0 Å².